The van der Waals surface area contributed by atoms with Crippen molar-refractivity contribution in [2.45, 2.75) is 32.6 Å². The second kappa shape index (κ2) is 7.99. The Hall–Kier alpha value is -1.30. The predicted molar refractivity (Wildman–Crippen MR) is 90.4 cm³/mol. The fraction of sp³-hybridized carbons (Fsp3) is 0.588. The summed E-state index contributed by atoms with van der Waals surface area (Å²) in [6, 6.07) is 7.42. The topological polar surface area (TPSA) is 50.8 Å². The van der Waals surface area contributed by atoms with Gasteiger partial charge in [0.1, 0.15) is 0 Å². The standard InChI is InChI=1S/C17H25ClN2O3/c1-13(10-17(2)22-7-8-23-17)11-19-16(21)20(3)12-14-5-4-6-15(18)9-14/h4-6,9,13H,7-8,10-12H2,1-3H3,(H,19,21)/t13-/m0/s1. The normalized spacial score (nSPS) is 17.7. The molecular formula is C17H25ClN2O3. The van der Waals surface area contributed by atoms with E-state index in [-0.39, 0.29) is 11.9 Å². The zero-order valence-electron chi connectivity index (χ0n) is 14.0. The molecule has 2 rings (SSSR count). The summed E-state index contributed by atoms with van der Waals surface area (Å²) in [7, 11) is 1.77. The van der Waals surface area contributed by atoms with E-state index in [4.69, 9.17) is 21.1 Å². The van der Waals surface area contributed by atoms with Crippen LogP contribution in [0.3, 0.4) is 0 Å². The van der Waals surface area contributed by atoms with E-state index in [1.807, 2.05) is 31.2 Å². The Morgan fingerprint density at radius 1 is 1.43 bits per heavy atom. The number of ether oxygens (including phenoxy) is 2. The monoisotopic (exact) mass is 340 g/mol. The van der Waals surface area contributed by atoms with E-state index in [1.165, 1.54) is 0 Å². The van der Waals surface area contributed by atoms with Crippen LogP contribution >= 0.6 is 11.6 Å². The SMILES string of the molecule is C[C@H](CNC(=O)N(C)Cc1cccc(Cl)c1)CC1(C)OCCO1. The molecule has 1 aliphatic heterocycles. The molecule has 0 spiro atoms. The number of halogens is 1. The lowest BCUT2D eigenvalue weighted by molar-refractivity contribution is -0.153. The van der Waals surface area contributed by atoms with Gasteiger partial charge in [-0.05, 0) is 30.5 Å². The van der Waals surface area contributed by atoms with Gasteiger partial charge in [-0.15, -0.1) is 0 Å². The summed E-state index contributed by atoms with van der Waals surface area (Å²) in [5, 5.41) is 3.63. The molecule has 0 radical (unpaired) electrons. The van der Waals surface area contributed by atoms with Crippen molar-refractivity contribution in [2.24, 2.45) is 5.92 Å². The second-order valence-corrected chi connectivity index (χ2v) is 6.75. The van der Waals surface area contributed by atoms with Gasteiger partial charge in [0.2, 0.25) is 0 Å². The van der Waals surface area contributed by atoms with Crippen molar-refractivity contribution in [1.82, 2.24) is 10.2 Å². The quantitative estimate of drug-likeness (QED) is 0.864. The fourth-order valence-corrected chi connectivity index (χ4v) is 2.97. The first kappa shape index (κ1) is 18.0. The first-order valence-corrected chi connectivity index (χ1v) is 8.27. The predicted octanol–water partition coefficient (Wildman–Crippen LogP) is 3.27. The van der Waals surface area contributed by atoms with Gasteiger partial charge in [-0.2, -0.15) is 0 Å². The highest BCUT2D eigenvalue weighted by Gasteiger charge is 2.32. The summed E-state index contributed by atoms with van der Waals surface area (Å²) in [5.41, 5.74) is 1.00. The van der Waals surface area contributed by atoms with E-state index < -0.39 is 5.79 Å². The second-order valence-electron chi connectivity index (χ2n) is 6.31. The maximum absolute atomic E-state index is 12.2. The molecule has 0 aliphatic carbocycles. The van der Waals surface area contributed by atoms with Gasteiger partial charge in [-0.3, -0.25) is 0 Å². The van der Waals surface area contributed by atoms with Crippen molar-refractivity contribution in [3.63, 3.8) is 0 Å². The van der Waals surface area contributed by atoms with Crippen LogP contribution in [-0.2, 0) is 16.0 Å². The van der Waals surface area contributed by atoms with Gasteiger partial charge in [0, 0.05) is 31.6 Å². The maximum Gasteiger partial charge on any atom is 0.317 e. The molecule has 2 amide bonds. The molecule has 1 saturated heterocycles. The molecular weight excluding hydrogens is 316 g/mol. The van der Waals surface area contributed by atoms with Crippen LogP contribution in [0.5, 0.6) is 0 Å². The van der Waals surface area contributed by atoms with Crippen molar-refractivity contribution in [3.05, 3.63) is 34.9 Å². The van der Waals surface area contributed by atoms with Crippen LogP contribution in [0, 0.1) is 5.92 Å². The number of nitrogens with zero attached hydrogens (tertiary/aromatic N) is 1. The molecule has 1 fully saturated rings. The van der Waals surface area contributed by atoms with Crippen molar-refractivity contribution >= 4 is 17.6 Å². The number of carbonyl (C=O) groups excluding carboxylic acids is 1. The summed E-state index contributed by atoms with van der Waals surface area (Å²) in [4.78, 5) is 13.8. The molecule has 1 aromatic rings. The molecule has 0 unspecified atom stereocenters. The minimum Gasteiger partial charge on any atom is -0.348 e. The van der Waals surface area contributed by atoms with Crippen LogP contribution in [-0.4, -0.2) is 43.5 Å². The van der Waals surface area contributed by atoms with Crippen LogP contribution in [0.15, 0.2) is 24.3 Å². The van der Waals surface area contributed by atoms with Crippen molar-refractivity contribution in [2.75, 3.05) is 26.8 Å². The van der Waals surface area contributed by atoms with Gasteiger partial charge in [0.25, 0.3) is 0 Å². The summed E-state index contributed by atoms with van der Waals surface area (Å²) in [6.07, 6.45) is 0.755. The molecule has 1 heterocycles. The highest BCUT2D eigenvalue weighted by atomic mass is 35.5. The lowest BCUT2D eigenvalue weighted by Crippen LogP contribution is -2.40. The van der Waals surface area contributed by atoms with Gasteiger partial charge >= 0.3 is 6.03 Å². The molecule has 1 aliphatic rings. The zero-order valence-corrected chi connectivity index (χ0v) is 14.7. The van der Waals surface area contributed by atoms with Gasteiger partial charge in [0.05, 0.1) is 13.2 Å². The van der Waals surface area contributed by atoms with E-state index in [2.05, 4.69) is 12.2 Å². The first-order valence-electron chi connectivity index (χ1n) is 7.89. The number of amides is 2. The van der Waals surface area contributed by atoms with Crippen molar-refractivity contribution in [1.29, 1.82) is 0 Å². The Bertz CT molecular complexity index is 532. The molecule has 0 bridgehead atoms. The lowest BCUT2D eigenvalue weighted by atomic mass is 10.0. The lowest BCUT2D eigenvalue weighted by Gasteiger charge is -2.26. The third-order valence-corrected chi connectivity index (χ3v) is 4.11. The summed E-state index contributed by atoms with van der Waals surface area (Å²) in [5.74, 6) is -0.252. The summed E-state index contributed by atoms with van der Waals surface area (Å²) < 4.78 is 11.2. The number of nitrogens with one attached hydrogen (secondary N) is 1. The molecule has 6 heteroatoms. The highest BCUT2D eigenvalue weighted by molar-refractivity contribution is 6.30. The number of urea groups is 1. The largest absolute Gasteiger partial charge is 0.348 e. The maximum atomic E-state index is 12.2. The van der Waals surface area contributed by atoms with E-state index in [1.54, 1.807) is 11.9 Å². The molecule has 5 nitrogen and oxygen atoms in total. The Labute approximate surface area is 142 Å². The Morgan fingerprint density at radius 3 is 2.78 bits per heavy atom. The molecule has 1 aromatic carbocycles. The van der Waals surface area contributed by atoms with Gasteiger partial charge in [-0.25, -0.2) is 4.79 Å². The number of benzene rings is 1. The minimum atomic E-state index is -0.517. The van der Waals surface area contributed by atoms with Gasteiger partial charge in [0.15, 0.2) is 5.79 Å². The van der Waals surface area contributed by atoms with E-state index in [0.717, 1.165) is 12.0 Å². The van der Waals surface area contributed by atoms with Gasteiger partial charge in [-0.1, -0.05) is 30.7 Å². The smallest absolute Gasteiger partial charge is 0.317 e. The van der Waals surface area contributed by atoms with Crippen LogP contribution in [0.1, 0.15) is 25.8 Å². The third kappa shape index (κ3) is 5.68. The average molecular weight is 341 g/mol. The molecule has 1 N–H and O–H groups in total. The fourth-order valence-electron chi connectivity index (χ4n) is 2.76. The minimum absolute atomic E-state index is 0.102. The Kier molecular flexibility index (Phi) is 6.27. The third-order valence-electron chi connectivity index (χ3n) is 3.87. The van der Waals surface area contributed by atoms with E-state index >= 15 is 0 Å². The number of rotatable bonds is 6. The van der Waals surface area contributed by atoms with Crippen LogP contribution < -0.4 is 5.32 Å². The molecule has 0 aromatic heterocycles. The Morgan fingerprint density at radius 2 is 2.13 bits per heavy atom. The van der Waals surface area contributed by atoms with Gasteiger partial charge < -0.3 is 19.7 Å². The van der Waals surface area contributed by atoms with E-state index in [9.17, 15) is 4.79 Å². The van der Waals surface area contributed by atoms with Crippen LogP contribution in [0.4, 0.5) is 4.79 Å². The first-order chi connectivity index (χ1) is 10.9. The number of hydrogen-bond acceptors (Lipinski definition) is 3. The van der Waals surface area contributed by atoms with Crippen LogP contribution in [0.25, 0.3) is 0 Å². The molecule has 0 saturated carbocycles. The average Bonchev–Trinajstić information content (AvgIpc) is 2.91. The number of hydrogen-bond donors (Lipinski definition) is 1. The zero-order chi connectivity index (χ0) is 16.9. The molecule has 128 valence electrons. The van der Waals surface area contributed by atoms with Crippen molar-refractivity contribution < 1.29 is 14.3 Å². The highest BCUT2D eigenvalue weighted by Crippen LogP contribution is 2.26. The Balaban J connectivity index is 1.75. The van der Waals surface area contributed by atoms with Crippen molar-refractivity contribution in [3.8, 4) is 0 Å². The summed E-state index contributed by atoms with van der Waals surface area (Å²) in [6.45, 7) is 6.40. The summed E-state index contributed by atoms with van der Waals surface area (Å²) >= 11 is 5.96. The molecule has 23 heavy (non-hydrogen) atoms. The molecule has 1 atom stereocenters. The van der Waals surface area contributed by atoms with E-state index in [0.29, 0.717) is 31.3 Å². The number of carbonyl (C=O) groups is 1. The van der Waals surface area contributed by atoms with Crippen LogP contribution in [0.2, 0.25) is 5.02 Å².